The van der Waals surface area contributed by atoms with E-state index in [9.17, 15) is 14.9 Å². The molecule has 1 N–H and O–H groups in total. The first-order valence-electron chi connectivity index (χ1n) is 5.23. The first-order valence-corrected chi connectivity index (χ1v) is 5.61. The number of hydrogen-bond acceptors (Lipinski definition) is 4. The van der Waals surface area contributed by atoms with E-state index in [1.165, 1.54) is 30.5 Å². The first-order chi connectivity index (χ1) is 9.06. The summed E-state index contributed by atoms with van der Waals surface area (Å²) in [6.07, 6.45) is 1.41. The van der Waals surface area contributed by atoms with Gasteiger partial charge in [-0.2, -0.15) is 0 Å². The summed E-state index contributed by atoms with van der Waals surface area (Å²) in [4.78, 5) is 25.8. The zero-order valence-electron chi connectivity index (χ0n) is 9.54. The van der Waals surface area contributed by atoms with Crippen molar-refractivity contribution < 1.29 is 9.72 Å². The molecule has 0 aliphatic heterocycles. The van der Waals surface area contributed by atoms with Crippen LogP contribution in [-0.4, -0.2) is 15.8 Å². The van der Waals surface area contributed by atoms with E-state index in [1.807, 2.05) is 0 Å². The molecular formula is C12H8ClN3O3. The fraction of sp³-hybridized carbons (Fsp3) is 0. The summed E-state index contributed by atoms with van der Waals surface area (Å²) in [5.41, 5.74) is 0.358. The quantitative estimate of drug-likeness (QED) is 0.690. The number of nitrogens with zero attached hydrogens (tertiary/aromatic N) is 2. The number of hydrogen-bond donors (Lipinski definition) is 1. The molecule has 0 aliphatic carbocycles. The normalized spacial score (nSPS) is 9.95. The van der Waals surface area contributed by atoms with Gasteiger partial charge in [0, 0.05) is 29.0 Å². The van der Waals surface area contributed by atoms with Gasteiger partial charge in [-0.25, -0.2) is 0 Å². The Bertz CT molecular complexity index is 646. The molecule has 0 fully saturated rings. The second kappa shape index (κ2) is 5.45. The van der Waals surface area contributed by atoms with Crippen LogP contribution in [0.25, 0.3) is 0 Å². The van der Waals surface area contributed by atoms with Crippen LogP contribution in [0.5, 0.6) is 0 Å². The summed E-state index contributed by atoms with van der Waals surface area (Å²) in [6.45, 7) is 0. The van der Waals surface area contributed by atoms with E-state index in [0.29, 0.717) is 10.7 Å². The van der Waals surface area contributed by atoms with Crippen LogP contribution in [0.1, 0.15) is 10.5 Å². The van der Waals surface area contributed by atoms with E-state index in [1.54, 1.807) is 12.1 Å². The van der Waals surface area contributed by atoms with Crippen LogP contribution in [-0.2, 0) is 0 Å². The Morgan fingerprint density at radius 1 is 1.32 bits per heavy atom. The zero-order valence-corrected chi connectivity index (χ0v) is 10.3. The van der Waals surface area contributed by atoms with E-state index >= 15 is 0 Å². The van der Waals surface area contributed by atoms with Gasteiger partial charge in [0.05, 0.1) is 4.92 Å². The molecule has 1 aromatic carbocycles. The number of benzene rings is 1. The van der Waals surface area contributed by atoms with Crippen molar-refractivity contribution in [3.63, 3.8) is 0 Å². The summed E-state index contributed by atoms with van der Waals surface area (Å²) in [5.74, 6) is -0.483. The molecule has 0 atom stereocenters. The predicted molar refractivity (Wildman–Crippen MR) is 70.3 cm³/mol. The lowest BCUT2D eigenvalue weighted by Crippen LogP contribution is -2.13. The van der Waals surface area contributed by atoms with Gasteiger partial charge in [-0.05, 0) is 18.2 Å². The van der Waals surface area contributed by atoms with Crippen LogP contribution in [0.2, 0.25) is 5.02 Å². The number of aromatic nitrogens is 1. The van der Waals surface area contributed by atoms with E-state index < -0.39 is 10.8 Å². The van der Waals surface area contributed by atoms with Crippen molar-refractivity contribution in [3.05, 3.63) is 63.4 Å². The highest BCUT2D eigenvalue weighted by Crippen LogP contribution is 2.18. The smallest absolute Gasteiger partial charge is 0.274 e. The maximum atomic E-state index is 11.8. The summed E-state index contributed by atoms with van der Waals surface area (Å²) in [7, 11) is 0. The molecule has 0 aliphatic rings. The number of pyridine rings is 1. The largest absolute Gasteiger partial charge is 0.320 e. The molecule has 2 rings (SSSR count). The van der Waals surface area contributed by atoms with Gasteiger partial charge in [-0.1, -0.05) is 17.7 Å². The van der Waals surface area contributed by atoms with E-state index in [4.69, 9.17) is 11.6 Å². The van der Waals surface area contributed by atoms with Crippen molar-refractivity contribution in [2.24, 2.45) is 0 Å². The number of nitro benzene ring substituents is 1. The molecule has 7 heteroatoms. The molecule has 0 saturated heterocycles. The number of halogens is 1. The molecule has 19 heavy (non-hydrogen) atoms. The van der Waals surface area contributed by atoms with Gasteiger partial charge in [-0.3, -0.25) is 19.9 Å². The van der Waals surface area contributed by atoms with E-state index in [0.717, 1.165) is 0 Å². The lowest BCUT2D eigenvalue weighted by molar-refractivity contribution is -0.384. The minimum atomic E-state index is -0.534. The molecule has 2 aromatic rings. The minimum Gasteiger partial charge on any atom is -0.320 e. The minimum absolute atomic E-state index is 0.100. The van der Waals surface area contributed by atoms with Gasteiger partial charge in [0.1, 0.15) is 5.69 Å². The number of carbonyl (C=O) groups is 1. The number of nitrogens with one attached hydrogen (secondary N) is 1. The number of carbonyl (C=O) groups excluding carboxylic acids is 1. The van der Waals surface area contributed by atoms with E-state index in [-0.39, 0.29) is 11.4 Å². The molecular weight excluding hydrogens is 270 g/mol. The van der Waals surface area contributed by atoms with Crippen molar-refractivity contribution >= 4 is 28.9 Å². The Balaban J connectivity index is 2.19. The number of nitro groups is 1. The number of non-ortho nitro benzene ring substituents is 1. The summed E-state index contributed by atoms with van der Waals surface area (Å²) < 4.78 is 0. The number of anilines is 1. The van der Waals surface area contributed by atoms with Crippen molar-refractivity contribution in [3.8, 4) is 0 Å². The van der Waals surface area contributed by atoms with Gasteiger partial charge in [-0.15, -0.1) is 0 Å². The third kappa shape index (κ3) is 3.26. The van der Waals surface area contributed by atoms with Crippen LogP contribution in [0.3, 0.4) is 0 Å². The molecule has 6 nitrogen and oxygen atoms in total. The SMILES string of the molecule is O=C(Nc1cccc([N+](=O)[O-])c1)c1cc(Cl)ccn1. The van der Waals surface area contributed by atoms with Crippen molar-refractivity contribution in [2.45, 2.75) is 0 Å². The predicted octanol–water partition coefficient (Wildman–Crippen LogP) is 2.90. The van der Waals surface area contributed by atoms with Crippen LogP contribution in [0.4, 0.5) is 11.4 Å². The first kappa shape index (κ1) is 13.0. The lowest BCUT2D eigenvalue weighted by Gasteiger charge is -2.04. The molecule has 0 spiro atoms. The fourth-order valence-corrected chi connectivity index (χ4v) is 1.58. The van der Waals surface area contributed by atoms with Crippen molar-refractivity contribution in [1.82, 2.24) is 4.98 Å². The number of rotatable bonds is 3. The Hall–Kier alpha value is -2.47. The molecule has 0 saturated carbocycles. The van der Waals surface area contributed by atoms with Crippen LogP contribution in [0, 0.1) is 10.1 Å². The Kier molecular flexibility index (Phi) is 3.72. The average Bonchev–Trinajstić information content (AvgIpc) is 2.39. The Morgan fingerprint density at radius 3 is 2.79 bits per heavy atom. The van der Waals surface area contributed by atoms with Crippen molar-refractivity contribution in [2.75, 3.05) is 5.32 Å². The fourth-order valence-electron chi connectivity index (χ4n) is 1.42. The lowest BCUT2D eigenvalue weighted by atomic mass is 10.2. The Labute approximate surface area is 113 Å². The Morgan fingerprint density at radius 2 is 2.11 bits per heavy atom. The summed E-state index contributed by atoms with van der Waals surface area (Å²) in [6, 6.07) is 8.60. The molecule has 1 heterocycles. The third-order valence-corrected chi connectivity index (χ3v) is 2.50. The van der Waals surface area contributed by atoms with E-state index in [2.05, 4.69) is 10.3 Å². The highest BCUT2D eigenvalue weighted by atomic mass is 35.5. The van der Waals surface area contributed by atoms with Crippen LogP contribution < -0.4 is 5.32 Å². The summed E-state index contributed by atoms with van der Waals surface area (Å²) in [5, 5.41) is 13.5. The van der Waals surface area contributed by atoms with Gasteiger partial charge in [0.25, 0.3) is 11.6 Å². The van der Waals surface area contributed by atoms with Gasteiger partial charge in [0.2, 0.25) is 0 Å². The molecule has 0 radical (unpaired) electrons. The van der Waals surface area contributed by atoms with Gasteiger partial charge in [0.15, 0.2) is 0 Å². The molecule has 96 valence electrons. The molecule has 0 unspecified atom stereocenters. The summed E-state index contributed by atoms with van der Waals surface area (Å²) >= 11 is 5.75. The second-order valence-corrected chi connectivity index (χ2v) is 4.06. The molecule has 1 amide bonds. The van der Waals surface area contributed by atoms with Gasteiger partial charge >= 0.3 is 0 Å². The molecule has 1 aromatic heterocycles. The maximum absolute atomic E-state index is 11.8. The van der Waals surface area contributed by atoms with Gasteiger partial charge < -0.3 is 5.32 Å². The highest BCUT2D eigenvalue weighted by Gasteiger charge is 2.10. The average molecular weight is 278 g/mol. The third-order valence-electron chi connectivity index (χ3n) is 2.27. The second-order valence-electron chi connectivity index (χ2n) is 3.62. The number of amides is 1. The zero-order chi connectivity index (χ0) is 13.8. The standard InChI is InChI=1S/C12H8ClN3O3/c13-8-4-5-14-11(6-8)12(17)15-9-2-1-3-10(7-9)16(18)19/h1-7H,(H,15,17). The highest BCUT2D eigenvalue weighted by molar-refractivity contribution is 6.30. The molecule has 0 bridgehead atoms. The maximum Gasteiger partial charge on any atom is 0.274 e. The van der Waals surface area contributed by atoms with Crippen LogP contribution >= 0.6 is 11.6 Å². The van der Waals surface area contributed by atoms with Crippen molar-refractivity contribution in [1.29, 1.82) is 0 Å². The topological polar surface area (TPSA) is 85.1 Å². The van der Waals surface area contributed by atoms with Crippen LogP contribution in [0.15, 0.2) is 42.6 Å². The monoisotopic (exact) mass is 277 g/mol.